The lowest BCUT2D eigenvalue weighted by Gasteiger charge is -2.08. The Morgan fingerprint density at radius 3 is 2.67 bits per heavy atom. The average Bonchev–Trinajstić information content (AvgIpc) is 2.16. The van der Waals surface area contributed by atoms with Crippen LogP contribution in [0.3, 0.4) is 0 Å². The smallest absolute Gasteiger partial charge is 0.166 e. The Morgan fingerprint density at radius 1 is 1.53 bits per heavy atom. The van der Waals surface area contributed by atoms with E-state index in [2.05, 4.69) is 0 Å². The molecule has 0 fully saturated rings. The largest absolute Gasteiger partial charge is 0.497 e. The molecular formula is C11H16N2O2. The van der Waals surface area contributed by atoms with Crippen LogP contribution in [-0.4, -0.2) is 18.9 Å². The number of carbonyl (C=O) groups excluding carboxylic acids is 1. The summed E-state index contributed by atoms with van der Waals surface area (Å²) in [6.45, 7) is 1.79. The highest BCUT2D eigenvalue weighted by Crippen LogP contribution is 2.20. The van der Waals surface area contributed by atoms with Gasteiger partial charge in [-0.2, -0.15) is 0 Å². The highest BCUT2D eigenvalue weighted by atomic mass is 16.5. The number of rotatable bonds is 4. The van der Waals surface area contributed by atoms with Crippen molar-refractivity contribution < 1.29 is 9.53 Å². The zero-order valence-corrected chi connectivity index (χ0v) is 8.99. The van der Waals surface area contributed by atoms with Gasteiger partial charge < -0.3 is 16.2 Å². The molecule has 0 amide bonds. The van der Waals surface area contributed by atoms with E-state index in [1.54, 1.807) is 32.2 Å². The summed E-state index contributed by atoms with van der Waals surface area (Å²) < 4.78 is 4.99. The summed E-state index contributed by atoms with van der Waals surface area (Å²) in [5.41, 5.74) is 12.2. The van der Waals surface area contributed by atoms with Gasteiger partial charge in [-0.3, -0.25) is 4.79 Å². The van der Waals surface area contributed by atoms with E-state index in [4.69, 9.17) is 16.2 Å². The van der Waals surface area contributed by atoms with Crippen molar-refractivity contribution in [2.75, 3.05) is 12.8 Å². The van der Waals surface area contributed by atoms with Gasteiger partial charge in [0.05, 0.1) is 7.11 Å². The summed E-state index contributed by atoms with van der Waals surface area (Å²) in [6, 6.07) is 4.86. The molecule has 1 atom stereocenters. The quantitative estimate of drug-likeness (QED) is 0.575. The van der Waals surface area contributed by atoms with E-state index in [0.29, 0.717) is 23.4 Å². The van der Waals surface area contributed by atoms with Crippen LogP contribution in [0.4, 0.5) is 5.69 Å². The number of nitrogen functional groups attached to an aromatic ring is 1. The normalized spacial score (nSPS) is 12.2. The van der Waals surface area contributed by atoms with Crippen LogP contribution in [0.15, 0.2) is 18.2 Å². The molecular weight excluding hydrogens is 192 g/mol. The third-order valence-electron chi connectivity index (χ3n) is 2.07. The molecule has 4 nitrogen and oxygen atoms in total. The first-order valence-electron chi connectivity index (χ1n) is 4.77. The Hall–Kier alpha value is -1.55. The molecule has 0 aromatic heterocycles. The van der Waals surface area contributed by atoms with Crippen molar-refractivity contribution in [1.29, 1.82) is 0 Å². The van der Waals surface area contributed by atoms with Gasteiger partial charge in [0.2, 0.25) is 0 Å². The second kappa shape index (κ2) is 4.79. The van der Waals surface area contributed by atoms with Gasteiger partial charge in [0.1, 0.15) is 5.75 Å². The number of ether oxygens (including phenoxy) is 1. The summed E-state index contributed by atoms with van der Waals surface area (Å²) in [5, 5.41) is 0. The summed E-state index contributed by atoms with van der Waals surface area (Å²) in [5.74, 6) is 0.606. The van der Waals surface area contributed by atoms with Gasteiger partial charge >= 0.3 is 0 Å². The third kappa shape index (κ3) is 2.95. The van der Waals surface area contributed by atoms with E-state index in [1.807, 2.05) is 0 Å². The lowest BCUT2D eigenvalue weighted by Crippen LogP contribution is -2.20. The molecule has 0 saturated heterocycles. The van der Waals surface area contributed by atoms with Gasteiger partial charge in [-0.05, 0) is 19.1 Å². The van der Waals surface area contributed by atoms with Gasteiger partial charge in [0.25, 0.3) is 0 Å². The van der Waals surface area contributed by atoms with E-state index in [1.165, 1.54) is 0 Å². The standard InChI is InChI=1S/C11H16N2O2/c1-7(12)5-11(14)9-4-3-8(15-2)6-10(9)13/h3-4,6-7H,5,12-13H2,1-2H3. The van der Waals surface area contributed by atoms with Crippen LogP contribution in [0.5, 0.6) is 5.75 Å². The van der Waals surface area contributed by atoms with Crippen molar-refractivity contribution in [2.45, 2.75) is 19.4 Å². The number of anilines is 1. The predicted molar refractivity (Wildman–Crippen MR) is 60.0 cm³/mol. The Labute approximate surface area is 89.2 Å². The van der Waals surface area contributed by atoms with Crippen LogP contribution < -0.4 is 16.2 Å². The van der Waals surface area contributed by atoms with Crippen LogP contribution >= 0.6 is 0 Å². The third-order valence-corrected chi connectivity index (χ3v) is 2.07. The highest BCUT2D eigenvalue weighted by molar-refractivity contribution is 6.01. The van der Waals surface area contributed by atoms with Crippen molar-refractivity contribution in [2.24, 2.45) is 5.73 Å². The Morgan fingerprint density at radius 2 is 2.20 bits per heavy atom. The van der Waals surface area contributed by atoms with Crippen LogP contribution in [0.25, 0.3) is 0 Å². The van der Waals surface area contributed by atoms with Crippen molar-refractivity contribution in [3.63, 3.8) is 0 Å². The van der Waals surface area contributed by atoms with Gasteiger partial charge in [-0.1, -0.05) is 0 Å². The molecule has 0 aliphatic rings. The summed E-state index contributed by atoms with van der Waals surface area (Å²) in [7, 11) is 1.55. The molecule has 0 radical (unpaired) electrons. The number of hydrogen-bond acceptors (Lipinski definition) is 4. The van der Waals surface area contributed by atoms with Gasteiger partial charge in [0.15, 0.2) is 5.78 Å². The van der Waals surface area contributed by atoms with Crippen LogP contribution in [0, 0.1) is 0 Å². The number of ketones is 1. The molecule has 4 heteroatoms. The number of nitrogens with two attached hydrogens (primary N) is 2. The number of methoxy groups -OCH3 is 1. The van der Waals surface area contributed by atoms with Crippen molar-refractivity contribution >= 4 is 11.5 Å². The lowest BCUT2D eigenvalue weighted by atomic mass is 10.0. The minimum atomic E-state index is -0.154. The maximum absolute atomic E-state index is 11.7. The molecule has 0 spiro atoms. The Kier molecular flexibility index (Phi) is 3.68. The minimum Gasteiger partial charge on any atom is -0.497 e. The minimum absolute atomic E-state index is 0.0369. The number of benzene rings is 1. The molecule has 1 aromatic carbocycles. The molecule has 0 aliphatic heterocycles. The summed E-state index contributed by atoms with van der Waals surface area (Å²) >= 11 is 0. The van der Waals surface area contributed by atoms with E-state index in [0.717, 1.165) is 0 Å². The first kappa shape index (κ1) is 11.5. The van der Waals surface area contributed by atoms with Crippen molar-refractivity contribution in [1.82, 2.24) is 0 Å². The Bertz CT molecular complexity index is 362. The monoisotopic (exact) mass is 208 g/mol. The van der Waals surface area contributed by atoms with E-state index in [-0.39, 0.29) is 11.8 Å². The summed E-state index contributed by atoms with van der Waals surface area (Å²) in [6.07, 6.45) is 0.302. The molecule has 15 heavy (non-hydrogen) atoms. The van der Waals surface area contributed by atoms with E-state index < -0.39 is 0 Å². The summed E-state index contributed by atoms with van der Waals surface area (Å²) in [4.78, 5) is 11.7. The first-order chi connectivity index (χ1) is 7.04. The molecule has 82 valence electrons. The van der Waals surface area contributed by atoms with Gasteiger partial charge in [-0.15, -0.1) is 0 Å². The molecule has 4 N–H and O–H groups in total. The molecule has 0 saturated carbocycles. The van der Waals surface area contributed by atoms with Gasteiger partial charge in [0, 0.05) is 29.8 Å². The van der Waals surface area contributed by atoms with E-state index in [9.17, 15) is 4.79 Å². The molecule has 0 aliphatic carbocycles. The second-order valence-corrected chi connectivity index (χ2v) is 3.56. The fourth-order valence-electron chi connectivity index (χ4n) is 1.32. The van der Waals surface area contributed by atoms with Crippen LogP contribution in [0.1, 0.15) is 23.7 Å². The van der Waals surface area contributed by atoms with Crippen LogP contribution in [-0.2, 0) is 0 Å². The maximum Gasteiger partial charge on any atom is 0.166 e. The number of Topliss-reactive ketones (excluding diaryl/α,β-unsaturated/α-hetero) is 1. The second-order valence-electron chi connectivity index (χ2n) is 3.56. The fourth-order valence-corrected chi connectivity index (χ4v) is 1.32. The predicted octanol–water partition coefficient (Wildman–Crippen LogP) is 1.20. The van der Waals surface area contributed by atoms with Gasteiger partial charge in [-0.25, -0.2) is 0 Å². The SMILES string of the molecule is COc1ccc(C(=O)CC(C)N)c(N)c1. The van der Waals surface area contributed by atoms with Crippen molar-refractivity contribution in [3.05, 3.63) is 23.8 Å². The highest BCUT2D eigenvalue weighted by Gasteiger charge is 2.12. The molecule has 0 bridgehead atoms. The average molecular weight is 208 g/mol. The fraction of sp³-hybridized carbons (Fsp3) is 0.364. The zero-order chi connectivity index (χ0) is 11.4. The Balaban J connectivity index is 2.90. The van der Waals surface area contributed by atoms with Crippen molar-refractivity contribution in [3.8, 4) is 5.75 Å². The lowest BCUT2D eigenvalue weighted by molar-refractivity contribution is 0.0977. The molecule has 1 aromatic rings. The first-order valence-corrected chi connectivity index (χ1v) is 4.77. The number of carbonyl (C=O) groups is 1. The maximum atomic E-state index is 11.7. The zero-order valence-electron chi connectivity index (χ0n) is 8.99. The molecule has 1 unspecified atom stereocenters. The molecule has 0 heterocycles. The van der Waals surface area contributed by atoms with E-state index >= 15 is 0 Å². The topological polar surface area (TPSA) is 78.3 Å². The van der Waals surface area contributed by atoms with Crippen LogP contribution in [0.2, 0.25) is 0 Å². The molecule has 1 rings (SSSR count). The number of hydrogen-bond donors (Lipinski definition) is 2.